The molecular formula is C15H11ClFNO5. The Kier molecular flexibility index (Phi) is 5.13. The summed E-state index contributed by atoms with van der Waals surface area (Å²) in [6.45, 7) is -0.0383. The molecule has 0 saturated carbocycles. The van der Waals surface area contributed by atoms with Gasteiger partial charge in [0.15, 0.2) is 5.75 Å². The highest BCUT2D eigenvalue weighted by atomic mass is 35.5. The minimum Gasteiger partial charge on any atom is -0.482 e. The molecule has 0 aliphatic carbocycles. The zero-order chi connectivity index (χ0) is 17.0. The lowest BCUT2D eigenvalue weighted by Crippen LogP contribution is -2.03. The maximum atomic E-state index is 13.4. The van der Waals surface area contributed by atoms with E-state index in [4.69, 9.17) is 16.3 Å². The predicted octanol–water partition coefficient (Wildman–Crippen LogP) is 3.75. The molecule has 0 fully saturated rings. The summed E-state index contributed by atoms with van der Waals surface area (Å²) < 4.78 is 23.3. The Labute approximate surface area is 135 Å². The van der Waals surface area contributed by atoms with Crippen molar-refractivity contribution in [3.8, 4) is 5.75 Å². The lowest BCUT2D eigenvalue weighted by atomic mass is 10.1. The molecule has 2 aromatic rings. The molecule has 0 N–H and O–H groups in total. The van der Waals surface area contributed by atoms with E-state index >= 15 is 0 Å². The second kappa shape index (κ2) is 7.06. The number of ether oxygens (including phenoxy) is 2. The predicted molar refractivity (Wildman–Crippen MR) is 80.2 cm³/mol. The standard InChI is InChI=1S/C15H11ClFNO5/c1-22-15(19)10-4-2-9(3-5-10)8-23-14-7-12(17)11(16)6-13(14)18(20)21/h2-7H,8H2,1H3. The van der Waals surface area contributed by atoms with Crippen molar-refractivity contribution in [1.29, 1.82) is 0 Å². The molecule has 0 aromatic heterocycles. The highest BCUT2D eigenvalue weighted by Gasteiger charge is 2.19. The summed E-state index contributed by atoms with van der Waals surface area (Å²) in [7, 11) is 1.27. The first-order valence-electron chi connectivity index (χ1n) is 6.36. The summed E-state index contributed by atoms with van der Waals surface area (Å²) in [5, 5.41) is 10.6. The monoisotopic (exact) mass is 339 g/mol. The number of esters is 1. The van der Waals surface area contributed by atoms with Crippen LogP contribution in [-0.4, -0.2) is 18.0 Å². The van der Waals surface area contributed by atoms with Crippen molar-refractivity contribution < 1.29 is 23.6 Å². The van der Waals surface area contributed by atoms with Crippen molar-refractivity contribution in [3.63, 3.8) is 0 Å². The van der Waals surface area contributed by atoms with Gasteiger partial charge in [0.1, 0.15) is 12.4 Å². The van der Waals surface area contributed by atoms with E-state index in [1.165, 1.54) is 19.2 Å². The summed E-state index contributed by atoms with van der Waals surface area (Å²) in [4.78, 5) is 21.5. The molecule has 0 saturated heterocycles. The first kappa shape index (κ1) is 16.7. The molecule has 2 rings (SSSR count). The van der Waals surface area contributed by atoms with Crippen molar-refractivity contribution in [2.24, 2.45) is 0 Å². The van der Waals surface area contributed by atoms with E-state index < -0.39 is 22.4 Å². The Balaban J connectivity index is 2.16. The van der Waals surface area contributed by atoms with E-state index in [0.717, 1.165) is 12.1 Å². The maximum absolute atomic E-state index is 13.4. The lowest BCUT2D eigenvalue weighted by molar-refractivity contribution is -0.386. The Bertz CT molecular complexity index is 748. The molecule has 0 unspecified atom stereocenters. The SMILES string of the molecule is COC(=O)c1ccc(COc2cc(F)c(Cl)cc2[N+](=O)[O-])cc1. The van der Waals surface area contributed by atoms with Crippen molar-refractivity contribution in [2.75, 3.05) is 7.11 Å². The highest BCUT2D eigenvalue weighted by Crippen LogP contribution is 2.32. The fourth-order valence-corrected chi connectivity index (χ4v) is 1.95. The summed E-state index contributed by atoms with van der Waals surface area (Å²) in [6.07, 6.45) is 0. The molecule has 6 nitrogen and oxygen atoms in total. The molecule has 0 aliphatic heterocycles. The van der Waals surface area contributed by atoms with Crippen LogP contribution in [0.1, 0.15) is 15.9 Å². The Hall–Kier alpha value is -2.67. The van der Waals surface area contributed by atoms with Gasteiger partial charge in [-0.05, 0) is 17.7 Å². The molecule has 0 aliphatic rings. The third-order valence-electron chi connectivity index (χ3n) is 2.97. The van der Waals surface area contributed by atoms with Gasteiger partial charge in [-0.2, -0.15) is 0 Å². The Morgan fingerprint density at radius 1 is 1.30 bits per heavy atom. The van der Waals surface area contributed by atoms with Crippen molar-refractivity contribution in [1.82, 2.24) is 0 Å². The first-order valence-corrected chi connectivity index (χ1v) is 6.73. The Morgan fingerprint density at radius 2 is 1.96 bits per heavy atom. The second-order valence-corrected chi connectivity index (χ2v) is 4.88. The van der Waals surface area contributed by atoms with Crippen molar-refractivity contribution in [2.45, 2.75) is 6.61 Å². The number of benzene rings is 2. The van der Waals surface area contributed by atoms with Crippen LogP contribution >= 0.6 is 11.6 Å². The van der Waals surface area contributed by atoms with Gasteiger partial charge in [0, 0.05) is 12.1 Å². The van der Waals surface area contributed by atoms with Crippen LogP contribution in [0.5, 0.6) is 5.75 Å². The fraction of sp³-hybridized carbons (Fsp3) is 0.133. The number of halogens is 2. The molecule has 120 valence electrons. The highest BCUT2D eigenvalue weighted by molar-refractivity contribution is 6.31. The van der Waals surface area contributed by atoms with E-state index in [9.17, 15) is 19.3 Å². The van der Waals surface area contributed by atoms with Gasteiger partial charge in [0.2, 0.25) is 0 Å². The quantitative estimate of drug-likeness (QED) is 0.471. The molecule has 8 heteroatoms. The number of nitrogens with zero attached hydrogens (tertiary/aromatic N) is 1. The van der Waals surface area contributed by atoms with Gasteiger partial charge in [0.25, 0.3) is 0 Å². The number of hydrogen-bond donors (Lipinski definition) is 0. The number of carbonyl (C=O) groups excluding carboxylic acids is 1. The van der Waals surface area contributed by atoms with Gasteiger partial charge < -0.3 is 9.47 Å². The molecular weight excluding hydrogens is 329 g/mol. The molecule has 0 bridgehead atoms. The van der Waals surface area contributed by atoms with E-state index in [0.29, 0.717) is 11.1 Å². The number of rotatable bonds is 5. The fourth-order valence-electron chi connectivity index (χ4n) is 1.79. The minimum atomic E-state index is -0.812. The van der Waals surface area contributed by atoms with E-state index in [-0.39, 0.29) is 17.4 Å². The average molecular weight is 340 g/mol. The molecule has 0 spiro atoms. The minimum absolute atomic E-state index is 0.0383. The zero-order valence-corrected chi connectivity index (χ0v) is 12.7. The summed E-state index contributed by atoms with van der Waals surface area (Å²) in [5.41, 5.74) is 0.574. The van der Waals surface area contributed by atoms with Gasteiger partial charge in [-0.3, -0.25) is 10.1 Å². The molecule has 0 atom stereocenters. The number of hydrogen-bond acceptors (Lipinski definition) is 5. The van der Waals surface area contributed by atoms with Gasteiger partial charge >= 0.3 is 11.7 Å². The van der Waals surface area contributed by atoms with Crippen LogP contribution < -0.4 is 4.74 Å². The van der Waals surface area contributed by atoms with Gasteiger partial charge in [-0.25, -0.2) is 9.18 Å². The van der Waals surface area contributed by atoms with Crippen LogP contribution in [0.2, 0.25) is 5.02 Å². The Morgan fingerprint density at radius 3 is 2.52 bits per heavy atom. The number of carbonyl (C=O) groups is 1. The molecule has 2 aromatic carbocycles. The summed E-state index contributed by atoms with van der Waals surface area (Å²) >= 11 is 5.53. The van der Waals surface area contributed by atoms with Crippen molar-refractivity contribution in [3.05, 3.63) is 68.5 Å². The topological polar surface area (TPSA) is 78.7 Å². The van der Waals surface area contributed by atoms with Crippen LogP contribution in [0.15, 0.2) is 36.4 Å². The van der Waals surface area contributed by atoms with Crippen LogP contribution in [0.25, 0.3) is 0 Å². The maximum Gasteiger partial charge on any atom is 0.337 e. The third-order valence-corrected chi connectivity index (χ3v) is 3.26. The summed E-state index contributed by atoms with van der Waals surface area (Å²) in [6, 6.07) is 8.02. The molecule has 23 heavy (non-hydrogen) atoms. The van der Waals surface area contributed by atoms with Gasteiger partial charge in [-0.15, -0.1) is 0 Å². The largest absolute Gasteiger partial charge is 0.482 e. The number of nitro benzene ring substituents is 1. The third kappa shape index (κ3) is 3.95. The van der Waals surface area contributed by atoms with E-state index in [1.807, 2.05) is 0 Å². The van der Waals surface area contributed by atoms with Gasteiger partial charge in [-0.1, -0.05) is 23.7 Å². The van der Waals surface area contributed by atoms with Crippen LogP contribution in [0, 0.1) is 15.9 Å². The molecule has 0 radical (unpaired) electrons. The second-order valence-electron chi connectivity index (χ2n) is 4.47. The lowest BCUT2D eigenvalue weighted by Gasteiger charge is -2.08. The normalized spacial score (nSPS) is 10.2. The van der Waals surface area contributed by atoms with E-state index in [2.05, 4.69) is 4.74 Å². The van der Waals surface area contributed by atoms with Crippen molar-refractivity contribution >= 4 is 23.3 Å². The van der Waals surface area contributed by atoms with Crippen LogP contribution in [0.3, 0.4) is 0 Å². The summed E-state index contributed by atoms with van der Waals surface area (Å²) in [5.74, 6) is -1.52. The van der Waals surface area contributed by atoms with Gasteiger partial charge in [0.05, 0.1) is 22.6 Å². The zero-order valence-electron chi connectivity index (χ0n) is 11.9. The molecule has 0 heterocycles. The van der Waals surface area contributed by atoms with E-state index in [1.54, 1.807) is 12.1 Å². The smallest absolute Gasteiger partial charge is 0.337 e. The van der Waals surface area contributed by atoms with Crippen LogP contribution in [-0.2, 0) is 11.3 Å². The number of nitro groups is 1. The van der Waals surface area contributed by atoms with Crippen LogP contribution in [0.4, 0.5) is 10.1 Å². The molecule has 0 amide bonds. The average Bonchev–Trinajstić information content (AvgIpc) is 2.55. The number of methoxy groups -OCH3 is 1. The first-order chi connectivity index (χ1) is 10.9.